The highest BCUT2D eigenvalue weighted by atomic mass is 32.2. The maximum Gasteiger partial charge on any atom is 0.352 e. The number of nitrogens with zero attached hydrogens (tertiary/aromatic N) is 3. The molecule has 0 saturated carbocycles. The number of rotatable bonds is 3. The van der Waals surface area contributed by atoms with Crippen molar-refractivity contribution in [2.75, 3.05) is 6.54 Å². The molecule has 2 aromatic heterocycles. The fraction of sp³-hybridized carbons (Fsp3) is 0.333. The summed E-state index contributed by atoms with van der Waals surface area (Å²) in [6.07, 6.45) is 0. The van der Waals surface area contributed by atoms with Gasteiger partial charge in [-0.2, -0.15) is 0 Å². The normalized spacial score (nSPS) is 14.8. The third-order valence-corrected chi connectivity index (χ3v) is 5.17. The Hall–Kier alpha value is -1.99. The molecule has 6 nitrogen and oxygen atoms in total. The quantitative estimate of drug-likeness (QED) is 0.873. The molecule has 3 rings (SSSR count). The average Bonchev–Trinajstić information content (AvgIpc) is 2.76. The lowest BCUT2D eigenvalue weighted by Crippen LogP contribution is -2.35. The summed E-state index contributed by atoms with van der Waals surface area (Å²) in [6.45, 7) is 3.98. The summed E-state index contributed by atoms with van der Waals surface area (Å²) in [7, 11) is 1.76. The van der Waals surface area contributed by atoms with Crippen molar-refractivity contribution in [3.63, 3.8) is 0 Å². The largest absolute Gasteiger partial charge is 0.477 e. The Labute approximate surface area is 132 Å². The van der Waals surface area contributed by atoms with Crippen LogP contribution in [0.15, 0.2) is 34.0 Å². The smallest absolute Gasteiger partial charge is 0.352 e. The van der Waals surface area contributed by atoms with Gasteiger partial charge in [-0.05, 0) is 31.0 Å². The van der Waals surface area contributed by atoms with Crippen LogP contribution >= 0.6 is 11.9 Å². The van der Waals surface area contributed by atoms with Crippen LogP contribution in [0.1, 0.15) is 21.9 Å². The van der Waals surface area contributed by atoms with E-state index in [2.05, 4.69) is 4.31 Å². The van der Waals surface area contributed by atoms with Crippen LogP contribution in [0.3, 0.4) is 0 Å². The van der Waals surface area contributed by atoms with Gasteiger partial charge in [-0.15, -0.1) is 0 Å². The monoisotopic (exact) mass is 319 g/mol. The third-order valence-electron chi connectivity index (χ3n) is 3.99. The number of pyridine rings is 1. The molecule has 3 heterocycles. The summed E-state index contributed by atoms with van der Waals surface area (Å²) >= 11 is 1.55. The molecule has 0 unspecified atom stereocenters. The first-order valence-electron chi connectivity index (χ1n) is 6.98. The highest BCUT2D eigenvalue weighted by Gasteiger charge is 2.21. The highest BCUT2D eigenvalue weighted by molar-refractivity contribution is 7.97. The summed E-state index contributed by atoms with van der Waals surface area (Å²) < 4.78 is 5.63. The van der Waals surface area contributed by atoms with Crippen molar-refractivity contribution in [3.8, 4) is 0 Å². The number of hydrogen-bond acceptors (Lipinski definition) is 4. The van der Waals surface area contributed by atoms with Gasteiger partial charge in [0.25, 0.3) is 5.56 Å². The van der Waals surface area contributed by atoms with Crippen LogP contribution in [-0.4, -0.2) is 31.1 Å². The van der Waals surface area contributed by atoms with Gasteiger partial charge in [0, 0.05) is 49.0 Å². The van der Waals surface area contributed by atoms with Crippen LogP contribution < -0.4 is 5.56 Å². The Balaban J connectivity index is 1.82. The van der Waals surface area contributed by atoms with Crippen LogP contribution in [0.2, 0.25) is 0 Å². The lowest BCUT2D eigenvalue weighted by Gasteiger charge is -2.28. The minimum absolute atomic E-state index is 0.0335. The van der Waals surface area contributed by atoms with Crippen LogP contribution in [0, 0.1) is 6.92 Å². The standard InChI is InChI=1S/C15H17N3O3S/c1-10-13(8-12(15(20)21)16(10)2)22-17-6-7-18-11(9-17)4-3-5-14(18)19/h3-5,8H,6-7,9H2,1-2H3,(H,20,21). The zero-order chi connectivity index (χ0) is 15.9. The van der Waals surface area contributed by atoms with Crippen molar-refractivity contribution in [1.29, 1.82) is 0 Å². The fourth-order valence-corrected chi connectivity index (χ4v) is 3.69. The molecule has 0 saturated heterocycles. The second-order valence-electron chi connectivity index (χ2n) is 5.31. The van der Waals surface area contributed by atoms with Gasteiger partial charge in [0.1, 0.15) is 5.69 Å². The molecule has 7 heteroatoms. The first-order chi connectivity index (χ1) is 10.5. The number of fused-ring (bicyclic) bond motifs is 1. The lowest BCUT2D eigenvalue weighted by molar-refractivity contribution is 0.0686. The van der Waals surface area contributed by atoms with E-state index in [4.69, 9.17) is 0 Å². The third kappa shape index (κ3) is 2.57. The van der Waals surface area contributed by atoms with Gasteiger partial charge in [0.2, 0.25) is 0 Å². The Bertz CT molecular complexity index is 794. The molecule has 22 heavy (non-hydrogen) atoms. The van der Waals surface area contributed by atoms with E-state index in [9.17, 15) is 14.7 Å². The van der Waals surface area contributed by atoms with E-state index in [0.717, 1.165) is 22.8 Å². The Morgan fingerprint density at radius 2 is 2.09 bits per heavy atom. The van der Waals surface area contributed by atoms with E-state index >= 15 is 0 Å². The number of carboxylic acid groups (broad SMARTS) is 1. The average molecular weight is 319 g/mol. The minimum Gasteiger partial charge on any atom is -0.477 e. The predicted molar refractivity (Wildman–Crippen MR) is 84.1 cm³/mol. The molecule has 0 atom stereocenters. The van der Waals surface area contributed by atoms with Crippen molar-refractivity contribution >= 4 is 17.9 Å². The van der Waals surface area contributed by atoms with Crippen molar-refractivity contribution in [1.82, 2.24) is 13.4 Å². The zero-order valence-corrected chi connectivity index (χ0v) is 13.3. The second kappa shape index (κ2) is 5.66. The molecule has 0 radical (unpaired) electrons. The lowest BCUT2D eigenvalue weighted by atomic mass is 10.3. The van der Waals surface area contributed by atoms with Gasteiger partial charge < -0.3 is 14.2 Å². The zero-order valence-electron chi connectivity index (χ0n) is 12.4. The predicted octanol–water partition coefficient (Wildman–Crippen LogP) is 1.72. The van der Waals surface area contributed by atoms with E-state index in [1.807, 2.05) is 13.0 Å². The molecular formula is C15H17N3O3S. The van der Waals surface area contributed by atoms with Crippen molar-refractivity contribution in [2.45, 2.75) is 24.9 Å². The molecule has 0 spiro atoms. The molecule has 0 bridgehead atoms. The number of aromatic nitrogens is 2. The van der Waals surface area contributed by atoms with Gasteiger partial charge in [-0.1, -0.05) is 6.07 Å². The summed E-state index contributed by atoms with van der Waals surface area (Å²) in [5.41, 5.74) is 2.23. The van der Waals surface area contributed by atoms with Crippen LogP contribution in [0.4, 0.5) is 0 Å². The molecule has 2 aromatic rings. The minimum atomic E-state index is -0.923. The van der Waals surface area contributed by atoms with E-state index in [1.54, 1.807) is 46.3 Å². The number of carbonyl (C=O) groups is 1. The van der Waals surface area contributed by atoms with Gasteiger partial charge in [0.05, 0.1) is 0 Å². The van der Waals surface area contributed by atoms with Crippen molar-refractivity contribution in [3.05, 3.63) is 51.7 Å². The van der Waals surface area contributed by atoms with E-state index in [-0.39, 0.29) is 11.3 Å². The molecule has 0 fully saturated rings. The molecule has 0 amide bonds. The summed E-state index contributed by atoms with van der Waals surface area (Å²) in [5, 5.41) is 9.19. The topological polar surface area (TPSA) is 67.5 Å². The summed E-state index contributed by atoms with van der Waals surface area (Å²) in [5.74, 6) is -0.923. The summed E-state index contributed by atoms with van der Waals surface area (Å²) in [6, 6.07) is 7.01. The van der Waals surface area contributed by atoms with E-state index in [1.165, 1.54) is 0 Å². The number of carboxylic acids is 1. The van der Waals surface area contributed by atoms with Gasteiger partial charge >= 0.3 is 5.97 Å². The van der Waals surface area contributed by atoms with Crippen LogP contribution in [0.5, 0.6) is 0 Å². The van der Waals surface area contributed by atoms with Gasteiger partial charge in [-0.25, -0.2) is 9.10 Å². The van der Waals surface area contributed by atoms with Gasteiger partial charge in [0.15, 0.2) is 0 Å². The molecular weight excluding hydrogens is 302 g/mol. The Morgan fingerprint density at radius 3 is 2.77 bits per heavy atom. The molecule has 0 aliphatic carbocycles. The molecule has 1 N–H and O–H groups in total. The maximum absolute atomic E-state index is 11.8. The second-order valence-corrected chi connectivity index (χ2v) is 6.44. The van der Waals surface area contributed by atoms with Crippen LogP contribution in [0.25, 0.3) is 0 Å². The van der Waals surface area contributed by atoms with E-state index in [0.29, 0.717) is 13.1 Å². The molecule has 0 aromatic carbocycles. The highest BCUT2D eigenvalue weighted by Crippen LogP contribution is 2.30. The molecule has 116 valence electrons. The first kappa shape index (κ1) is 14.9. The van der Waals surface area contributed by atoms with E-state index < -0.39 is 5.97 Å². The number of aromatic carboxylic acids is 1. The van der Waals surface area contributed by atoms with Gasteiger partial charge in [-0.3, -0.25) is 4.79 Å². The number of hydrogen-bond donors (Lipinski definition) is 1. The van der Waals surface area contributed by atoms with Crippen LogP contribution in [-0.2, 0) is 20.1 Å². The van der Waals surface area contributed by atoms with Crippen molar-refractivity contribution < 1.29 is 9.90 Å². The fourth-order valence-electron chi connectivity index (χ4n) is 2.61. The first-order valence-corrected chi connectivity index (χ1v) is 7.76. The maximum atomic E-state index is 11.8. The SMILES string of the molecule is Cc1c(SN2CCn3c(cccc3=O)C2)cc(C(=O)O)n1C. The molecule has 1 aliphatic heterocycles. The summed E-state index contributed by atoms with van der Waals surface area (Å²) in [4.78, 5) is 23.9. The Kier molecular flexibility index (Phi) is 3.84. The Morgan fingerprint density at radius 1 is 1.32 bits per heavy atom. The van der Waals surface area contributed by atoms with Crippen molar-refractivity contribution in [2.24, 2.45) is 7.05 Å². The molecule has 1 aliphatic rings.